The quantitative estimate of drug-likeness (QED) is 0.348. The summed E-state index contributed by atoms with van der Waals surface area (Å²) < 4.78 is 13.1. The van der Waals surface area contributed by atoms with E-state index in [0.717, 1.165) is 74.2 Å². The van der Waals surface area contributed by atoms with Gasteiger partial charge in [0.25, 0.3) is 0 Å². The van der Waals surface area contributed by atoms with Crippen LogP contribution in [0.4, 0.5) is 0 Å². The van der Waals surface area contributed by atoms with E-state index < -0.39 is 0 Å². The number of likely N-dealkylation sites (tertiary alicyclic amines) is 1. The van der Waals surface area contributed by atoms with Crippen molar-refractivity contribution in [1.29, 1.82) is 0 Å². The topological polar surface area (TPSA) is 66.7 Å². The Morgan fingerprint density at radius 1 is 1.08 bits per heavy atom. The second-order valence-electron chi connectivity index (χ2n) is 9.87. The minimum Gasteiger partial charge on any atom is -0.489 e. The molecule has 37 heavy (non-hydrogen) atoms. The minimum atomic E-state index is -0.00762. The second-order valence-corrected chi connectivity index (χ2v) is 11.1. The summed E-state index contributed by atoms with van der Waals surface area (Å²) in [6.45, 7) is 4.83. The van der Waals surface area contributed by atoms with Gasteiger partial charge in [-0.3, -0.25) is 9.69 Å². The number of amides is 1. The maximum atomic E-state index is 12.6. The van der Waals surface area contributed by atoms with E-state index in [2.05, 4.69) is 49.7 Å². The zero-order valence-corrected chi connectivity index (χ0v) is 23.2. The SMILES string of the molecule is O=C(Cc1ccc(-c2ccccc2Cl)o1)NC1CCN(Cc2ccc(OC3CCNCC3)c(Br)c2)CC1. The molecule has 5 rings (SSSR count). The van der Waals surface area contributed by atoms with E-state index in [-0.39, 0.29) is 24.5 Å². The first-order chi connectivity index (χ1) is 18.0. The molecular formula is C29H33BrClN3O3. The Morgan fingerprint density at radius 2 is 1.86 bits per heavy atom. The average Bonchev–Trinajstić information content (AvgIpc) is 3.36. The number of furan rings is 1. The lowest BCUT2D eigenvalue weighted by molar-refractivity contribution is -0.121. The van der Waals surface area contributed by atoms with Gasteiger partial charge in [0, 0.05) is 31.2 Å². The van der Waals surface area contributed by atoms with Crippen LogP contribution in [0, 0.1) is 0 Å². The molecule has 0 bridgehead atoms. The summed E-state index contributed by atoms with van der Waals surface area (Å²) in [6, 6.07) is 17.9. The third kappa shape index (κ3) is 7.17. The summed E-state index contributed by atoms with van der Waals surface area (Å²) in [6.07, 6.45) is 4.48. The van der Waals surface area contributed by atoms with Gasteiger partial charge in [-0.1, -0.05) is 29.8 Å². The van der Waals surface area contributed by atoms with E-state index in [1.54, 1.807) is 0 Å². The summed E-state index contributed by atoms with van der Waals surface area (Å²) >= 11 is 9.96. The van der Waals surface area contributed by atoms with Gasteiger partial charge in [-0.2, -0.15) is 0 Å². The summed E-state index contributed by atoms with van der Waals surface area (Å²) in [5.41, 5.74) is 2.10. The van der Waals surface area contributed by atoms with Crippen LogP contribution in [0.5, 0.6) is 5.75 Å². The molecule has 196 valence electrons. The van der Waals surface area contributed by atoms with Crippen LogP contribution in [-0.4, -0.2) is 49.1 Å². The van der Waals surface area contributed by atoms with Crippen LogP contribution in [-0.2, 0) is 17.8 Å². The maximum Gasteiger partial charge on any atom is 0.227 e. The Bertz CT molecular complexity index is 1200. The number of nitrogens with one attached hydrogen (secondary N) is 2. The number of hydrogen-bond donors (Lipinski definition) is 2. The van der Waals surface area contributed by atoms with Crippen molar-refractivity contribution < 1.29 is 13.9 Å². The molecule has 2 aromatic carbocycles. The number of halogens is 2. The number of nitrogens with zero attached hydrogens (tertiary/aromatic N) is 1. The number of carbonyl (C=O) groups is 1. The fourth-order valence-electron chi connectivity index (χ4n) is 5.04. The van der Waals surface area contributed by atoms with Gasteiger partial charge in [0.2, 0.25) is 5.91 Å². The van der Waals surface area contributed by atoms with Crippen molar-refractivity contribution in [3.8, 4) is 17.1 Å². The minimum absolute atomic E-state index is 0.00762. The normalized spacial score (nSPS) is 17.6. The largest absolute Gasteiger partial charge is 0.489 e. The summed E-state index contributed by atoms with van der Waals surface area (Å²) in [7, 11) is 0. The van der Waals surface area contributed by atoms with Gasteiger partial charge in [0.1, 0.15) is 23.4 Å². The second kappa shape index (κ2) is 12.5. The molecule has 2 N–H and O–H groups in total. The summed E-state index contributed by atoms with van der Waals surface area (Å²) in [5, 5.41) is 7.19. The van der Waals surface area contributed by atoms with Gasteiger partial charge < -0.3 is 19.8 Å². The monoisotopic (exact) mass is 585 g/mol. The Balaban J connectivity index is 1.06. The lowest BCUT2D eigenvalue weighted by atomic mass is 10.0. The van der Waals surface area contributed by atoms with Gasteiger partial charge in [0.15, 0.2) is 0 Å². The third-order valence-corrected chi connectivity index (χ3v) is 8.02. The first-order valence-corrected chi connectivity index (χ1v) is 14.2. The van der Waals surface area contributed by atoms with Crippen molar-refractivity contribution in [2.45, 2.75) is 50.8 Å². The van der Waals surface area contributed by atoms with Crippen LogP contribution in [0.3, 0.4) is 0 Å². The van der Waals surface area contributed by atoms with Crippen molar-refractivity contribution in [3.05, 3.63) is 75.4 Å². The van der Waals surface area contributed by atoms with Crippen LogP contribution in [0.25, 0.3) is 11.3 Å². The lowest BCUT2D eigenvalue weighted by Gasteiger charge is -2.32. The molecule has 0 radical (unpaired) electrons. The van der Waals surface area contributed by atoms with Gasteiger partial charge in [-0.15, -0.1) is 0 Å². The number of ether oxygens (including phenoxy) is 1. The molecule has 2 saturated heterocycles. The summed E-state index contributed by atoms with van der Waals surface area (Å²) in [5.74, 6) is 2.24. The van der Waals surface area contributed by atoms with Gasteiger partial charge >= 0.3 is 0 Å². The van der Waals surface area contributed by atoms with Gasteiger partial charge in [-0.05, 0) is 96.7 Å². The van der Waals surface area contributed by atoms with E-state index in [1.165, 1.54) is 5.56 Å². The van der Waals surface area contributed by atoms with Gasteiger partial charge in [-0.25, -0.2) is 0 Å². The predicted molar refractivity (Wildman–Crippen MR) is 150 cm³/mol. The molecule has 0 unspecified atom stereocenters. The van der Waals surface area contributed by atoms with Crippen LogP contribution >= 0.6 is 27.5 Å². The third-order valence-electron chi connectivity index (χ3n) is 7.07. The molecule has 2 fully saturated rings. The smallest absolute Gasteiger partial charge is 0.227 e. The predicted octanol–water partition coefficient (Wildman–Crippen LogP) is 5.82. The van der Waals surface area contributed by atoms with E-state index in [1.807, 2.05) is 36.4 Å². The fourth-order valence-corrected chi connectivity index (χ4v) is 5.79. The Morgan fingerprint density at radius 3 is 2.62 bits per heavy atom. The number of hydrogen-bond acceptors (Lipinski definition) is 5. The lowest BCUT2D eigenvalue weighted by Crippen LogP contribution is -2.44. The van der Waals surface area contributed by atoms with E-state index in [4.69, 9.17) is 20.8 Å². The molecule has 8 heteroatoms. The van der Waals surface area contributed by atoms with Crippen molar-refractivity contribution >= 4 is 33.4 Å². The highest BCUT2D eigenvalue weighted by molar-refractivity contribution is 9.10. The molecule has 2 aliphatic rings. The van der Waals surface area contributed by atoms with E-state index >= 15 is 0 Å². The molecular weight excluding hydrogens is 554 g/mol. The van der Waals surface area contributed by atoms with Crippen molar-refractivity contribution in [2.24, 2.45) is 0 Å². The zero-order chi connectivity index (χ0) is 25.6. The average molecular weight is 587 g/mol. The van der Waals surface area contributed by atoms with Crippen LogP contribution in [0.15, 0.2) is 63.5 Å². The standard InChI is InChI=1S/C29H33BrClN3O3/c30-25-17-20(5-7-28(25)36-22-9-13-32-14-10-22)19-34-15-11-21(12-16-34)33-29(35)18-23-6-8-27(37-23)24-3-1-2-4-26(24)31/h1-8,17,21-22,32H,9-16,18-19H2,(H,33,35). The number of benzene rings is 2. The van der Waals surface area contributed by atoms with Crippen LogP contribution in [0.1, 0.15) is 37.0 Å². The fraction of sp³-hybridized carbons (Fsp3) is 0.414. The molecule has 0 aliphatic carbocycles. The van der Waals surface area contributed by atoms with Crippen molar-refractivity contribution in [2.75, 3.05) is 26.2 Å². The molecule has 3 heterocycles. The van der Waals surface area contributed by atoms with E-state index in [0.29, 0.717) is 16.5 Å². The number of rotatable bonds is 8. The summed E-state index contributed by atoms with van der Waals surface area (Å²) in [4.78, 5) is 15.1. The molecule has 2 aliphatic heterocycles. The van der Waals surface area contributed by atoms with Gasteiger partial charge in [0.05, 0.1) is 15.9 Å². The van der Waals surface area contributed by atoms with Crippen molar-refractivity contribution in [3.63, 3.8) is 0 Å². The molecule has 0 spiro atoms. The zero-order valence-electron chi connectivity index (χ0n) is 20.8. The first-order valence-electron chi connectivity index (χ1n) is 13.0. The molecule has 0 saturated carbocycles. The number of piperidine rings is 2. The molecule has 1 amide bonds. The van der Waals surface area contributed by atoms with Crippen molar-refractivity contribution in [1.82, 2.24) is 15.5 Å². The highest BCUT2D eigenvalue weighted by Gasteiger charge is 2.22. The maximum absolute atomic E-state index is 12.6. The molecule has 3 aromatic rings. The highest BCUT2D eigenvalue weighted by atomic mass is 79.9. The molecule has 1 aromatic heterocycles. The van der Waals surface area contributed by atoms with Crippen LogP contribution < -0.4 is 15.4 Å². The molecule has 6 nitrogen and oxygen atoms in total. The highest BCUT2D eigenvalue weighted by Crippen LogP contribution is 2.30. The first kappa shape index (κ1) is 26.3. The number of carbonyl (C=O) groups excluding carboxylic acids is 1. The Hall–Kier alpha value is -2.32. The Labute approximate surface area is 231 Å². The van der Waals surface area contributed by atoms with E-state index in [9.17, 15) is 4.79 Å². The Kier molecular flexibility index (Phi) is 8.87. The van der Waals surface area contributed by atoms with Crippen LogP contribution in [0.2, 0.25) is 5.02 Å². The molecule has 0 atom stereocenters.